The molecule has 0 atom stereocenters. The second-order valence-corrected chi connectivity index (χ2v) is 7.20. The van der Waals surface area contributed by atoms with Crippen LogP contribution in [-0.4, -0.2) is 36.1 Å². The van der Waals surface area contributed by atoms with Crippen molar-refractivity contribution in [3.05, 3.63) is 36.0 Å². The van der Waals surface area contributed by atoms with Gasteiger partial charge < -0.3 is 20.7 Å². The molecule has 28 heavy (non-hydrogen) atoms. The topological polar surface area (TPSA) is 88.2 Å². The molecule has 1 saturated carbocycles. The van der Waals surface area contributed by atoms with E-state index in [2.05, 4.69) is 25.9 Å². The van der Waals surface area contributed by atoms with E-state index in [4.69, 9.17) is 4.74 Å². The molecule has 1 aliphatic rings. The van der Waals surface area contributed by atoms with Gasteiger partial charge in [-0.2, -0.15) is 4.98 Å². The van der Waals surface area contributed by atoms with Crippen LogP contribution in [0.15, 0.2) is 30.3 Å². The van der Waals surface area contributed by atoms with Crippen LogP contribution in [0.5, 0.6) is 5.75 Å². The molecule has 0 radical (unpaired) electrons. The van der Waals surface area contributed by atoms with E-state index in [0.29, 0.717) is 37.2 Å². The maximum absolute atomic E-state index is 12.0. The van der Waals surface area contributed by atoms with Crippen LogP contribution in [0.25, 0.3) is 0 Å². The molecule has 1 aromatic carbocycles. The van der Waals surface area contributed by atoms with E-state index >= 15 is 0 Å². The molecule has 2 aromatic rings. The summed E-state index contributed by atoms with van der Waals surface area (Å²) in [6.07, 6.45) is 5.55. The van der Waals surface area contributed by atoms with Crippen LogP contribution in [0.1, 0.15) is 37.8 Å². The van der Waals surface area contributed by atoms with Crippen molar-refractivity contribution in [1.82, 2.24) is 15.3 Å². The Morgan fingerprint density at radius 2 is 1.89 bits per heavy atom. The highest BCUT2D eigenvalue weighted by molar-refractivity contribution is 5.76. The molecule has 1 fully saturated rings. The van der Waals surface area contributed by atoms with Crippen molar-refractivity contribution < 1.29 is 9.53 Å². The Balaban J connectivity index is 1.46. The lowest BCUT2D eigenvalue weighted by Crippen LogP contribution is -2.30. The van der Waals surface area contributed by atoms with Gasteiger partial charge in [-0.25, -0.2) is 4.98 Å². The predicted octanol–water partition coefficient (Wildman–Crippen LogP) is 3.65. The second-order valence-electron chi connectivity index (χ2n) is 7.20. The van der Waals surface area contributed by atoms with Crippen molar-refractivity contribution in [3.63, 3.8) is 0 Å². The number of ether oxygens (including phenoxy) is 1. The minimum atomic E-state index is 0.140. The van der Waals surface area contributed by atoms with Crippen LogP contribution in [0.3, 0.4) is 0 Å². The van der Waals surface area contributed by atoms with Crippen LogP contribution in [-0.2, 0) is 4.79 Å². The summed E-state index contributed by atoms with van der Waals surface area (Å²) in [6.45, 7) is 3.07. The average molecular weight is 383 g/mol. The quantitative estimate of drug-likeness (QED) is 0.573. The van der Waals surface area contributed by atoms with Gasteiger partial charge in [0.2, 0.25) is 11.9 Å². The summed E-state index contributed by atoms with van der Waals surface area (Å²) in [5.41, 5.74) is 1.78. The lowest BCUT2D eigenvalue weighted by atomic mass is 10.0. The molecule has 0 spiro atoms. The largest absolute Gasteiger partial charge is 0.497 e. The van der Waals surface area contributed by atoms with Crippen LogP contribution >= 0.6 is 0 Å². The van der Waals surface area contributed by atoms with Crippen molar-refractivity contribution in [1.29, 1.82) is 0 Å². The Kier molecular flexibility index (Phi) is 7.06. The summed E-state index contributed by atoms with van der Waals surface area (Å²) < 4.78 is 5.17. The van der Waals surface area contributed by atoms with Gasteiger partial charge >= 0.3 is 0 Å². The maximum atomic E-state index is 12.0. The molecule has 0 aliphatic heterocycles. The van der Waals surface area contributed by atoms with E-state index in [1.165, 1.54) is 25.7 Å². The van der Waals surface area contributed by atoms with Crippen molar-refractivity contribution in [3.8, 4) is 5.75 Å². The van der Waals surface area contributed by atoms with Crippen LogP contribution in [0, 0.1) is 12.8 Å². The highest BCUT2D eigenvalue weighted by Gasteiger charge is 2.17. The lowest BCUT2D eigenvalue weighted by molar-refractivity contribution is -0.121. The first-order valence-corrected chi connectivity index (χ1v) is 9.90. The molecule has 1 amide bonds. The van der Waals surface area contributed by atoms with Gasteiger partial charge in [-0.15, -0.1) is 0 Å². The molecule has 1 aromatic heterocycles. The van der Waals surface area contributed by atoms with Crippen molar-refractivity contribution in [2.24, 2.45) is 5.92 Å². The molecule has 7 nitrogen and oxygen atoms in total. The number of amides is 1. The zero-order chi connectivity index (χ0) is 19.8. The van der Waals surface area contributed by atoms with Gasteiger partial charge in [0.25, 0.3) is 0 Å². The summed E-state index contributed by atoms with van der Waals surface area (Å²) in [5, 5.41) is 9.43. The number of carbonyl (C=O) groups excluding carboxylic acids is 1. The zero-order valence-corrected chi connectivity index (χ0v) is 16.6. The Hall–Kier alpha value is -2.83. The molecule has 7 heteroatoms. The number of hydrogen-bond acceptors (Lipinski definition) is 6. The monoisotopic (exact) mass is 383 g/mol. The van der Waals surface area contributed by atoms with Gasteiger partial charge in [-0.05, 0) is 49.9 Å². The van der Waals surface area contributed by atoms with Crippen molar-refractivity contribution >= 4 is 23.4 Å². The number of hydrogen-bond donors (Lipinski definition) is 3. The number of benzene rings is 1. The SMILES string of the molecule is COc1ccc(Nc2cc(C)nc(NCCNC(=O)CC3CCCC3)n2)cc1. The van der Waals surface area contributed by atoms with Crippen LogP contribution < -0.4 is 20.7 Å². The van der Waals surface area contributed by atoms with Gasteiger partial charge in [0.1, 0.15) is 11.6 Å². The first-order chi connectivity index (χ1) is 13.6. The summed E-state index contributed by atoms with van der Waals surface area (Å²) >= 11 is 0. The number of nitrogens with one attached hydrogen (secondary N) is 3. The van der Waals surface area contributed by atoms with Crippen molar-refractivity contribution in [2.45, 2.75) is 39.0 Å². The third-order valence-corrected chi connectivity index (χ3v) is 4.90. The molecule has 3 rings (SSSR count). The molecular formula is C21H29N5O2. The Bertz CT molecular complexity index is 773. The molecule has 0 unspecified atom stereocenters. The Morgan fingerprint density at radius 1 is 1.14 bits per heavy atom. The van der Waals surface area contributed by atoms with Crippen molar-refractivity contribution in [2.75, 3.05) is 30.8 Å². The summed E-state index contributed by atoms with van der Waals surface area (Å²) in [5.74, 6) is 2.77. The van der Waals surface area contributed by atoms with Gasteiger partial charge in [-0.3, -0.25) is 4.79 Å². The standard InChI is InChI=1S/C21H29N5O2/c1-15-13-19(25-17-7-9-18(28-2)10-8-17)26-21(24-15)23-12-11-22-20(27)14-16-5-3-4-6-16/h7-10,13,16H,3-6,11-12,14H2,1-2H3,(H,22,27)(H2,23,24,25,26). The Labute approximate surface area is 166 Å². The summed E-state index contributed by atoms with van der Waals surface area (Å²) in [7, 11) is 1.64. The highest BCUT2D eigenvalue weighted by atomic mass is 16.5. The fraction of sp³-hybridized carbons (Fsp3) is 0.476. The van der Waals surface area contributed by atoms with Crippen LogP contribution in [0.4, 0.5) is 17.5 Å². The average Bonchev–Trinajstić information content (AvgIpc) is 3.18. The summed E-state index contributed by atoms with van der Waals surface area (Å²) in [4.78, 5) is 20.9. The molecule has 0 saturated heterocycles. The molecule has 3 N–H and O–H groups in total. The molecule has 1 heterocycles. The molecule has 150 valence electrons. The third kappa shape index (κ3) is 6.11. The van der Waals surface area contributed by atoms with Gasteiger partial charge in [-0.1, -0.05) is 12.8 Å². The number of rotatable bonds is 9. The van der Waals surface area contributed by atoms with E-state index in [1.54, 1.807) is 7.11 Å². The fourth-order valence-electron chi connectivity index (χ4n) is 3.46. The molecule has 1 aliphatic carbocycles. The number of carbonyl (C=O) groups is 1. The smallest absolute Gasteiger partial charge is 0.224 e. The van der Waals surface area contributed by atoms with Crippen LogP contribution in [0.2, 0.25) is 0 Å². The van der Waals surface area contributed by atoms with E-state index in [1.807, 2.05) is 37.3 Å². The predicted molar refractivity (Wildman–Crippen MR) is 111 cm³/mol. The first-order valence-electron chi connectivity index (χ1n) is 9.90. The van der Waals surface area contributed by atoms with E-state index in [0.717, 1.165) is 17.1 Å². The minimum Gasteiger partial charge on any atom is -0.497 e. The maximum Gasteiger partial charge on any atom is 0.224 e. The lowest BCUT2D eigenvalue weighted by Gasteiger charge is -2.12. The number of nitrogens with zero attached hydrogens (tertiary/aromatic N) is 2. The minimum absolute atomic E-state index is 0.140. The number of aryl methyl sites for hydroxylation is 1. The number of aromatic nitrogens is 2. The van der Waals surface area contributed by atoms with E-state index < -0.39 is 0 Å². The Morgan fingerprint density at radius 3 is 2.61 bits per heavy atom. The fourth-order valence-corrected chi connectivity index (χ4v) is 3.46. The summed E-state index contributed by atoms with van der Waals surface area (Å²) in [6, 6.07) is 9.54. The van der Waals surface area contributed by atoms with Gasteiger partial charge in [0, 0.05) is 37.0 Å². The highest BCUT2D eigenvalue weighted by Crippen LogP contribution is 2.27. The van der Waals surface area contributed by atoms with Gasteiger partial charge in [0.15, 0.2) is 0 Å². The van der Waals surface area contributed by atoms with E-state index in [9.17, 15) is 4.79 Å². The van der Waals surface area contributed by atoms with E-state index in [-0.39, 0.29) is 5.91 Å². The zero-order valence-electron chi connectivity index (χ0n) is 16.6. The normalized spacial score (nSPS) is 13.9. The first kappa shape index (κ1) is 19.9. The molecular weight excluding hydrogens is 354 g/mol. The number of anilines is 3. The number of methoxy groups -OCH3 is 1. The third-order valence-electron chi connectivity index (χ3n) is 4.90. The van der Waals surface area contributed by atoms with Gasteiger partial charge in [0.05, 0.1) is 7.11 Å². The second kappa shape index (κ2) is 9.92. The molecule has 0 bridgehead atoms.